The van der Waals surface area contributed by atoms with Crippen molar-refractivity contribution in [3.05, 3.63) is 46.8 Å². The standard InChI is InChI=1S/C12H15ClN2O/c1-8-3-5-10(6-4-8)7-15-9(2)11(14)12(13)16/h3-6,15H,7,14H2,1-2H3/b11-9-. The van der Waals surface area contributed by atoms with Crippen molar-refractivity contribution < 1.29 is 4.79 Å². The molecule has 3 N–H and O–H groups in total. The number of rotatable bonds is 4. The van der Waals surface area contributed by atoms with E-state index in [1.54, 1.807) is 6.92 Å². The third-order valence-corrected chi connectivity index (χ3v) is 2.50. The van der Waals surface area contributed by atoms with Crippen LogP contribution in [0.2, 0.25) is 0 Å². The van der Waals surface area contributed by atoms with Crippen LogP contribution < -0.4 is 11.1 Å². The fourth-order valence-electron chi connectivity index (χ4n) is 1.18. The highest BCUT2D eigenvalue weighted by Gasteiger charge is 2.04. The van der Waals surface area contributed by atoms with Gasteiger partial charge in [0.15, 0.2) is 0 Å². The molecule has 3 nitrogen and oxygen atoms in total. The van der Waals surface area contributed by atoms with Crippen LogP contribution in [0.25, 0.3) is 0 Å². The molecule has 4 heteroatoms. The quantitative estimate of drug-likeness (QED) is 0.624. The number of allylic oxidation sites excluding steroid dienone is 2. The first-order valence-electron chi connectivity index (χ1n) is 4.96. The maximum Gasteiger partial charge on any atom is 0.269 e. The highest BCUT2D eigenvalue weighted by Crippen LogP contribution is 2.05. The van der Waals surface area contributed by atoms with Gasteiger partial charge in [0.2, 0.25) is 0 Å². The van der Waals surface area contributed by atoms with Gasteiger partial charge in [0.1, 0.15) is 5.70 Å². The maximum absolute atomic E-state index is 10.8. The molecule has 0 unspecified atom stereocenters. The summed E-state index contributed by atoms with van der Waals surface area (Å²) in [5, 5.41) is 2.42. The zero-order chi connectivity index (χ0) is 12.1. The summed E-state index contributed by atoms with van der Waals surface area (Å²) in [6.45, 7) is 4.38. The number of halogens is 1. The second-order valence-corrected chi connectivity index (χ2v) is 3.99. The van der Waals surface area contributed by atoms with Crippen molar-refractivity contribution >= 4 is 16.8 Å². The van der Waals surface area contributed by atoms with Gasteiger partial charge in [0, 0.05) is 12.2 Å². The molecular formula is C12H15ClN2O. The van der Waals surface area contributed by atoms with Gasteiger partial charge in [-0.3, -0.25) is 4.79 Å². The number of carbonyl (C=O) groups is 1. The van der Waals surface area contributed by atoms with E-state index in [4.69, 9.17) is 17.3 Å². The van der Waals surface area contributed by atoms with E-state index in [1.807, 2.05) is 31.2 Å². The van der Waals surface area contributed by atoms with Gasteiger partial charge in [-0.05, 0) is 31.0 Å². The Hall–Kier alpha value is -1.48. The molecular weight excluding hydrogens is 224 g/mol. The predicted molar refractivity (Wildman–Crippen MR) is 65.8 cm³/mol. The van der Waals surface area contributed by atoms with Crippen molar-refractivity contribution in [1.82, 2.24) is 5.32 Å². The van der Waals surface area contributed by atoms with E-state index in [0.29, 0.717) is 12.2 Å². The van der Waals surface area contributed by atoms with E-state index >= 15 is 0 Å². The van der Waals surface area contributed by atoms with Crippen molar-refractivity contribution in [3.63, 3.8) is 0 Å². The molecule has 1 aromatic carbocycles. The van der Waals surface area contributed by atoms with Gasteiger partial charge >= 0.3 is 0 Å². The van der Waals surface area contributed by atoms with Crippen LogP contribution in [0.1, 0.15) is 18.1 Å². The fraction of sp³-hybridized carbons (Fsp3) is 0.250. The Morgan fingerprint density at radius 3 is 2.44 bits per heavy atom. The van der Waals surface area contributed by atoms with E-state index in [0.717, 1.165) is 5.56 Å². The molecule has 0 bridgehead atoms. The number of nitrogens with two attached hydrogens (primary N) is 1. The summed E-state index contributed by atoms with van der Waals surface area (Å²) in [5.41, 5.74) is 8.48. The molecule has 86 valence electrons. The van der Waals surface area contributed by atoms with Gasteiger partial charge in [0.25, 0.3) is 5.24 Å². The number of hydrogen-bond acceptors (Lipinski definition) is 3. The van der Waals surface area contributed by atoms with Crippen molar-refractivity contribution in [3.8, 4) is 0 Å². The normalized spacial score (nSPS) is 11.9. The van der Waals surface area contributed by atoms with Crippen molar-refractivity contribution in [2.75, 3.05) is 0 Å². The van der Waals surface area contributed by atoms with E-state index in [1.165, 1.54) is 5.56 Å². The minimum absolute atomic E-state index is 0.0637. The minimum atomic E-state index is -0.631. The van der Waals surface area contributed by atoms with E-state index in [9.17, 15) is 4.79 Å². The van der Waals surface area contributed by atoms with Crippen LogP contribution in [-0.2, 0) is 11.3 Å². The lowest BCUT2D eigenvalue weighted by atomic mass is 10.1. The lowest BCUT2D eigenvalue weighted by molar-refractivity contribution is -0.108. The van der Waals surface area contributed by atoms with E-state index < -0.39 is 5.24 Å². The van der Waals surface area contributed by atoms with Crippen LogP contribution in [0.15, 0.2) is 35.7 Å². The van der Waals surface area contributed by atoms with Crippen molar-refractivity contribution in [2.45, 2.75) is 20.4 Å². The molecule has 16 heavy (non-hydrogen) atoms. The van der Waals surface area contributed by atoms with Crippen molar-refractivity contribution in [1.29, 1.82) is 0 Å². The predicted octanol–water partition coefficient (Wildman–Crippen LogP) is 2.04. The second-order valence-electron chi connectivity index (χ2n) is 3.65. The van der Waals surface area contributed by atoms with E-state index in [-0.39, 0.29) is 5.70 Å². The topological polar surface area (TPSA) is 55.1 Å². The Bertz CT molecular complexity index is 410. The highest BCUT2D eigenvalue weighted by molar-refractivity contribution is 6.67. The third kappa shape index (κ3) is 3.59. The smallest absolute Gasteiger partial charge is 0.269 e. The van der Waals surface area contributed by atoms with Crippen LogP contribution >= 0.6 is 11.6 Å². The van der Waals surface area contributed by atoms with Gasteiger partial charge in [-0.2, -0.15) is 0 Å². The lowest BCUT2D eigenvalue weighted by Gasteiger charge is -2.08. The number of benzene rings is 1. The molecule has 0 radical (unpaired) electrons. The Morgan fingerprint density at radius 2 is 1.94 bits per heavy atom. The molecule has 0 spiro atoms. The molecule has 1 rings (SSSR count). The summed E-state index contributed by atoms with van der Waals surface area (Å²) in [6, 6.07) is 8.11. The minimum Gasteiger partial charge on any atom is -0.393 e. The van der Waals surface area contributed by atoms with Crippen LogP contribution in [0.3, 0.4) is 0 Å². The van der Waals surface area contributed by atoms with E-state index in [2.05, 4.69) is 5.32 Å². The molecule has 0 aliphatic heterocycles. The zero-order valence-corrected chi connectivity index (χ0v) is 10.1. The molecule has 0 aliphatic carbocycles. The summed E-state index contributed by atoms with van der Waals surface area (Å²) in [6.07, 6.45) is 0. The average molecular weight is 239 g/mol. The van der Waals surface area contributed by atoms with Crippen LogP contribution in [0.5, 0.6) is 0 Å². The van der Waals surface area contributed by atoms with Gasteiger partial charge in [-0.15, -0.1) is 0 Å². The number of aryl methyl sites for hydroxylation is 1. The largest absolute Gasteiger partial charge is 0.393 e. The Kier molecular flexibility index (Phi) is 4.38. The lowest BCUT2D eigenvalue weighted by Crippen LogP contribution is -2.18. The Morgan fingerprint density at radius 1 is 1.38 bits per heavy atom. The third-order valence-electron chi connectivity index (χ3n) is 2.29. The molecule has 0 saturated carbocycles. The average Bonchev–Trinajstić information content (AvgIpc) is 2.26. The fourth-order valence-corrected chi connectivity index (χ4v) is 1.32. The molecule has 0 atom stereocenters. The number of nitrogens with one attached hydrogen (secondary N) is 1. The summed E-state index contributed by atoms with van der Waals surface area (Å²) in [5.74, 6) is 0. The monoisotopic (exact) mass is 238 g/mol. The Balaban J connectivity index is 2.61. The van der Waals surface area contributed by atoms with Gasteiger partial charge in [0.05, 0.1) is 0 Å². The van der Waals surface area contributed by atoms with Gasteiger partial charge in [-0.25, -0.2) is 0 Å². The van der Waals surface area contributed by atoms with Crippen LogP contribution in [0.4, 0.5) is 0 Å². The summed E-state index contributed by atoms with van der Waals surface area (Å²) >= 11 is 5.26. The first kappa shape index (κ1) is 12.6. The van der Waals surface area contributed by atoms with Gasteiger partial charge < -0.3 is 11.1 Å². The SMILES string of the molecule is C/C(NCc1ccc(C)cc1)=C(/N)C(=O)Cl. The Labute approximate surface area is 100 Å². The molecule has 0 amide bonds. The second kappa shape index (κ2) is 5.56. The number of hydrogen-bond donors (Lipinski definition) is 2. The summed E-state index contributed by atoms with van der Waals surface area (Å²) < 4.78 is 0. The summed E-state index contributed by atoms with van der Waals surface area (Å²) in [4.78, 5) is 10.8. The van der Waals surface area contributed by atoms with Crippen molar-refractivity contribution in [2.24, 2.45) is 5.73 Å². The molecule has 1 aromatic rings. The first-order valence-corrected chi connectivity index (χ1v) is 5.34. The molecule has 0 heterocycles. The number of carbonyl (C=O) groups excluding carboxylic acids is 1. The summed E-state index contributed by atoms with van der Waals surface area (Å²) in [7, 11) is 0. The molecule has 0 saturated heterocycles. The molecule has 0 aromatic heterocycles. The van der Waals surface area contributed by atoms with Gasteiger partial charge in [-0.1, -0.05) is 29.8 Å². The first-order chi connectivity index (χ1) is 7.50. The maximum atomic E-state index is 10.8. The highest BCUT2D eigenvalue weighted by atomic mass is 35.5. The van der Waals surface area contributed by atoms with Crippen LogP contribution in [-0.4, -0.2) is 5.24 Å². The zero-order valence-electron chi connectivity index (χ0n) is 9.38. The molecule has 0 aliphatic rings. The molecule has 0 fully saturated rings. The van der Waals surface area contributed by atoms with Crippen LogP contribution in [0, 0.1) is 6.92 Å².